The van der Waals surface area contributed by atoms with E-state index >= 15 is 0 Å². The standard InChI is InChI=1S/C13H16N2O5/c1-3-14-13(19)15-10(16)7-20-12(18)9-6-4-5-8(2)11(9)17/h4-6,17H,3,7H2,1-2H3,(H2,14,15,16,19). The smallest absolute Gasteiger partial charge is 0.342 e. The summed E-state index contributed by atoms with van der Waals surface area (Å²) in [5, 5.41) is 14.0. The quantitative estimate of drug-likeness (QED) is 0.704. The van der Waals surface area contributed by atoms with Crippen molar-refractivity contribution in [2.45, 2.75) is 13.8 Å². The summed E-state index contributed by atoms with van der Waals surface area (Å²) >= 11 is 0. The number of phenols is 1. The monoisotopic (exact) mass is 280 g/mol. The molecule has 0 radical (unpaired) electrons. The van der Waals surface area contributed by atoms with Crippen LogP contribution in [0.1, 0.15) is 22.8 Å². The lowest BCUT2D eigenvalue weighted by atomic mass is 10.1. The van der Waals surface area contributed by atoms with Crippen LogP contribution in [0.3, 0.4) is 0 Å². The minimum Gasteiger partial charge on any atom is -0.507 e. The van der Waals surface area contributed by atoms with Crippen molar-refractivity contribution in [1.82, 2.24) is 10.6 Å². The minimum atomic E-state index is -0.836. The fourth-order valence-corrected chi connectivity index (χ4v) is 1.40. The van der Waals surface area contributed by atoms with E-state index in [2.05, 4.69) is 5.32 Å². The van der Waals surface area contributed by atoms with Crippen molar-refractivity contribution in [3.05, 3.63) is 29.3 Å². The van der Waals surface area contributed by atoms with Gasteiger partial charge in [0.05, 0.1) is 0 Å². The number of phenolic OH excluding ortho intramolecular Hbond substituents is 1. The average Bonchev–Trinajstić information content (AvgIpc) is 2.39. The van der Waals surface area contributed by atoms with Crippen molar-refractivity contribution in [3.63, 3.8) is 0 Å². The molecule has 20 heavy (non-hydrogen) atoms. The summed E-state index contributed by atoms with van der Waals surface area (Å²) in [7, 11) is 0. The predicted molar refractivity (Wildman–Crippen MR) is 70.3 cm³/mol. The van der Waals surface area contributed by atoms with Gasteiger partial charge in [-0.15, -0.1) is 0 Å². The van der Waals surface area contributed by atoms with E-state index in [-0.39, 0.29) is 11.3 Å². The molecule has 3 N–H and O–H groups in total. The summed E-state index contributed by atoms with van der Waals surface area (Å²) in [6.45, 7) is 3.10. The first kappa shape index (κ1) is 15.5. The second-order valence-corrected chi connectivity index (χ2v) is 3.95. The van der Waals surface area contributed by atoms with Gasteiger partial charge >= 0.3 is 12.0 Å². The van der Waals surface area contributed by atoms with Crippen molar-refractivity contribution < 1.29 is 24.2 Å². The fraction of sp³-hybridized carbons (Fsp3) is 0.308. The maximum absolute atomic E-state index is 11.7. The third kappa shape index (κ3) is 4.27. The zero-order chi connectivity index (χ0) is 15.1. The molecule has 0 aliphatic heterocycles. The molecule has 7 heteroatoms. The van der Waals surface area contributed by atoms with Gasteiger partial charge in [-0.05, 0) is 25.5 Å². The van der Waals surface area contributed by atoms with Crippen molar-refractivity contribution in [2.24, 2.45) is 0 Å². The van der Waals surface area contributed by atoms with Crippen LogP contribution >= 0.6 is 0 Å². The van der Waals surface area contributed by atoms with Gasteiger partial charge in [0.1, 0.15) is 11.3 Å². The first-order chi connectivity index (χ1) is 9.45. The summed E-state index contributed by atoms with van der Waals surface area (Å²) in [4.78, 5) is 34.0. The number of hydrogen-bond donors (Lipinski definition) is 3. The van der Waals surface area contributed by atoms with E-state index in [1.807, 2.05) is 5.32 Å². The Morgan fingerprint density at radius 2 is 2.00 bits per heavy atom. The largest absolute Gasteiger partial charge is 0.507 e. The number of hydrogen-bond acceptors (Lipinski definition) is 5. The Morgan fingerprint density at radius 3 is 2.65 bits per heavy atom. The number of rotatable bonds is 4. The molecule has 7 nitrogen and oxygen atoms in total. The van der Waals surface area contributed by atoms with E-state index < -0.39 is 24.5 Å². The average molecular weight is 280 g/mol. The van der Waals surface area contributed by atoms with Crippen LogP contribution in [0.15, 0.2) is 18.2 Å². The van der Waals surface area contributed by atoms with E-state index in [4.69, 9.17) is 4.74 Å². The van der Waals surface area contributed by atoms with Crippen LogP contribution in [0.5, 0.6) is 5.75 Å². The lowest BCUT2D eigenvalue weighted by molar-refractivity contribution is -0.123. The summed E-state index contributed by atoms with van der Waals surface area (Å²) in [5.74, 6) is -1.78. The van der Waals surface area contributed by atoms with Gasteiger partial charge < -0.3 is 15.2 Å². The second-order valence-electron chi connectivity index (χ2n) is 3.95. The molecule has 0 saturated heterocycles. The minimum absolute atomic E-state index is 0.0317. The van der Waals surface area contributed by atoms with Gasteiger partial charge in [-0.2, -0.15) is 0 Å². The molecule has 1 aromatic rings. The first-order valence-electron chi connectivity index (χ1n) is 5.99. The number of carbonyl (C=O) groups is 3. The Morgan fingerprint density at radius 1 is 1.30 bits per heavy atom. The highest BCUT2D eigenvalue weighted by Gasteiger charge is 2.16. The van der Waals surface area contributed by atoms with Gasteiger partial charge in [-0.1, -0.05) is 12.1 Å². The molecular weight excluding hydrogens is 264 g/mol. The Kier molecular flexibility index (Phi) is 5.52. The highest BCUT2D eigenvalue weighted by atomic mass is 16.5. The van der Waals surface area contributed by atoms with Gasteiger partial charge in [-0.25, -0.2) is 9.59 Å². The number of ether oxygens (including phenoxy) is 1. The number of benzene rings is 1. The van der Waals surface area contributed by atoms with Crippen LogP contribution in [-0.4, -0.2) is 36.2 Å². The Balaban J connectivity index is 2.53. The van der Waals surface area contributed by atoms with E-state index in [1.54, 1.807) is 26.0 Å². The third-order valence-corrected chi connectivity index (χ3v) is 2.38. The zero-order valence-corrected chi connectivity index (χ0v) is 11.2. The third-order valence-electron chi connectivity index (χ3n) is 2.38. The molecule has 0 heterocycles. The van der Waals surface area contributed by atoms with Crippen molar-refractivity contribution >= 4 is 17.9 Å². The summed E-state index contributed by atoms with van der Waals surface area (Å²) < 4.78 is 4.71. The van der Waals surface area contributed by atoms with Crippen LogP contribution in [0, 0.1) is 6.92 Å². The van der Waals surface area contributed by atoms with Gasteiger partial charge in [-0.3, -0.25) is 10.1 Å². The number of aromatic hydroxyl groups is 1. The van der Waals surface area contributed by atoms with Gasteiger partial charge in [0.15, 0.2) is 6.61 Å². The van der Waals surface area contributed by atoms with Crippen LogP contribution < -0.4 is 10.6 Å². The molecule has 0 bridgehead atoms. The summed E-state index contributed by atoms with van der Waals surface area (Å²) in [6, 6.07) is 3.94. The molecule has 0 spiro atoms. The van der Waals surface area contributed by atoms with Crippen LogP contribution in [0.2, 0.25) is 0 Å². The van der Waals surface area contributed by atoms with E-state index in [0.29, 0.717) is 12.1 Å². The number of urea groups is 1. The van der Waals surface area contributed by atoms with E-state index in [0.717, 1.165) is 0 Å². The second kappa shape index (κ2) is 7.13. The maximum Gasteiger partial charge on any atom is 0.342 e. The summed E-state index contributed by atoms with van der Waals surface area (Å²) in [6.07, 6.45) is 0. The molecular formula is C13H16N2O5. The number of esters is 1. The molecule has 0 fully saturated rings. The van der Waals surface area contributed by atoms with E-state index in [9.17, 15) is 19.5 Å². The van der Waals surface area contributed by atoms with Crippen molar-refractivity contribution in [1.29, 1.82) is 0 Å². The molecule has 0 aliphatic carbocycles. The SMILES string of the molecule is CCNC(=O)NC(=O)COC(=O)c1cccc(C)c1O. The number of aryl methyl sites for hydroxylation is 1. The number of para-hydroxylation sites is 1. The lowest BCUT2D eigenvalue weighted by Crippen LogP contribution is -2.41. The molecule has 1 rings (SSSR count). The molecule has 0 unspecified atom stereocenters. The maximum atomic E-state index is 11.7. The normalized spacial score (nSPS) is 9.70. The molecule has 0 aliphatic rings. The van der Waals surface area contributed by atoms with Crippen molar-refractivity contribution in [3.8, 4) is 5.75 Å². The van der Waals surface area contributed by atoms with E-state index in [1.165, 1.54) is 6.07 Å². The Labute approximate surface area is 115 Å². The molecule has 3 amide bonds. The van der Waals surface area contributed by atoms with Crippen molar-refractivity contribution in [2.75, 3.05) is 13.2 Å². The number of carbonyl (C=O) groups excluding carboxylic acids is 3. The number of amides is 3. The molecule has 108 valence electrons. The molecule has 0 atom stereocenters. The topological polar surface area (TPSA) is 105 Å². The molecule has 1 aromatic carbocycles. The fourth-order valence-electron chi connectivity index (χ4n) is 1.40. The lowest BCUT2D eigenvalue weighted by Gasteiger charge is -2.08. The highest BCUT2D eigenvalue weighted by Crippen LogP contribution is 2.21. The highest BCUT2D eigenvalue weighted by molar-refractivity contribution is 5.97. The van der Waals surface area contributed by atoms with Crippen LogP contribution in [0.4, 0.5) is 4.79 Å². The Hall–Kier alpha value is -2.57. The van der Waals surface area contributed by atoms with Gasteiger partial charge in [0.2, 0.25) is 0 Å². The predicted octanol–water partition coefficient (Wildman–Crippen LogP) is 0.703. The molecule has 0 saturated carbocycles. The van der Waals surface area contributed by atoms with Crippen LogP contribution in [-0.2, 0) is 9.53 Å². The number of nitrogens with one attached hydrogen (secondary N) is 2. The van der Waals surface area contributed by atoms with Gasteiger partial charge in [0.25, 0.3) is 5.91 Å². The zero-order valence-electron chi connectivity index (χ0n) is 11.2. The van der Waals surface area contributed by atoms with Crippen LogP contribution in [0.25, 0.3) is 0 Å². The first-order valence-corrected chi connectivity index (χ1v) is 5.99. The summed E-state index contributed by atoms with van der Waals surface area (Å²) in [5.41, 5.74) is 0.488. The number of imide groups is 1. The molecule has 0 aromatic heterocycles. The Bertz CT molecular complexity index is 527. The van der Waals surface area contributed by atoms with Gasteiger partial charge in [0, 0.05) is 6.54 Å².